The Morgan fingerprint density at radius 1 is 1.57 bits per heavy atom. The average Bonchev–Trinajstić information content (AvgIpc) is 2.17. The van der Waals surface area contributed by atoms with Gasteiger partial charge in [-0.1, -0.05) is 22.0 Å². The Balaban J connectivity index is 3.20. The standard InChI is InChI=1S/C11H10BrNO/c1-7-3-4-9(6-13)5-10(7)11(12)8(2)14/h3-5,11H,1-2H3. The monoisotopic (exact) mass is 251 g/mol. The molecule has 72 valence electrons. The smallest absolute Gasteiger partial charge is 0.147 e. The van der Waals surface area contributed by atoms with Gasteiger partial charge in [0.2, 0.25) is 0 Å². The van der Waals surface area contributed by atoms with Gasteiger partial charge in [-0.2, -0.15) is 5.26 Å². The highest BCUT2D eigenvalue weighted by atomic mass is 79.9. The van der Waals surface area contributed by atoms with Gasteiger partial charge in [0.15, 0.2) is 0 Å². The van der Waals surface area contributed by atoms with Gasteiger partial charge < -0.3 is 0 Å². The lowest BCUT2D eigenvalue weighted by Crippen LogP contribution is -2.03. The Kier molecular flexibility index (Phi) is 3.43. The number of aryl methyl sites for hydroxylation is 1. The molecule has 0 saturated carbocycles. The van der Waals surface area contributed by atoms with E-state index in [4.69, 9.17) is 5.26 Å². The summed E-state index contributed by atoms with van der Waals surface area (Å²) in [7, 11) is 0. The third kappa shape index (κ3) is 2.21. The van der Waals surface area contributed by atoms with Crippen LogP contribution in [-0.2, 0) is 4.79 Å². The molecule has 0 aliphatic rings. The number of alkyl halides is 1. The topological polar surface area (TPSA) is 40.9 Å². The Bertz CT molecular complexity index is 406. The van der Waals surface area contributed by atoms with E-state index in [1.54, 1.807) is 12.1 Å². The third-order valence-electron chi connectivity index (χ3n) is 2.04. The Morgan fingerprint density at radius 3 is 2.71 bits per heavy atom. The molecule has 1 unspecified atom stereocenters. The van der Waals surface area contributed by atoms with Crippen LogP contribution in [0.25, 0.3) is 0 Å². The second kappa shape index (κ2) is 4.39. The van der Waals surface area contributed by atoms with E-state index in [1.165, 1.54) is 6.92 Å². The van der Waals surface area contributed by atoms with Crippen LogP contribution in [0.5, 0.6) is 0 Å². The number of Topliss-reactive ketones (excluding diaryl/α,β-unsaturated/α-hetero) is 1. The van der Waals surface area contributed by atoms with Crippen molar-refractivity contribution in [1.29, 1.82) is 5.26 Å². The SMILES string of the molecule is CC(=O)C(Br)c1cc(C#N)ccc1C. The summed E-state index contributed by atoms with van der Waals surface area (Å²) in [5.41, 5.74) is 2.47. The molecule has 0 N–H and O–H groups in total. The van der Waals surface area contributed by atoms with Crippen LogP contribution < -0.4 is 0 Å². The van der Waals surface area contributed by atoms with Crippen LogP contribution in [0.1, 0.15) is 28.4 Å². The molecule has 0 aliphatic carbocycles. The lowest BCUT2D eigenvalue weighted by molar-refractivity contribution is -0.116. The van der Waals surface area contributed by atoms with Gasteiger partial charge in [0.1, 0.15) is 5.78 Å². The molecule has 3 heteroatoms. The van der Waals surface area contributed by atoms with Gasteiger partial charge in [0, 0.05) is 0 Å². The zero-order valence-corrected chi connectivity index (χ0v) is 9.63. The van der Waals surface area contributed by atoms with E-state index in [1.807, 2.05) is 13.0 Å². The molecule has 0 heterocycles. The molecule has 0 spiro atoms. The molecule has 1 aromatic carbocycles. The highest BCUT2D eigenvalue weighted by Crippen LogP contribution is 2.27. The number of carbonyl (C=O) groups excluding carboxylic acids is 1. The fraction of sp³-hybridized carbons (Fsp3) is 0.273. The molecule has 0 fully saturated rings. The molecule has 14 heavy (non-hydrogen) atoms. The molecular formula is C11H10BrNO. The second-order valence-corrected chi connectivity index (χ2v) is 4.07. The molecular weight excluding hydrogens is 242 g/mol. The molecule has 0 radical (unpaired) electrons. The van der Waals surface area contributed by atoms with Crippen molar-refractivity contribution in [2.24, 2.45) is 0 Å². The first kappa shape index (κ1) is 10.9. The largest absolute Gasteiger partial charge is 0.298 e. The molecule has 0 amide bonds. The van der Waals surface area contributed by atoms with E-state index in [0.717, 1.165) is 11.1 Å². The molecule has 0 aromatic heterocycles. The van der Waals surface area contributed by atoms with E-state index in [2.05, 4.69) is 22.0 Å². The first-order chi connectivity index (χ1) is 6.56. The average molecular weight is 252 g/mol. The number of rotatable bonds is 2. The first-order valence-electron chi connectivity index (χ1n) is 4.21. The predicted octanol–water partition coefficient (Wildman–Crippen LogP) is 2.89. The quantitative estimate of drug-likeness (QED) is 0.759. The van der Waals surface area contributed by atoms with Crippen molar-refractivity contribution in [3.05, 3.63) is 34.9 Å². The molecule has 1 aromatic rings. The maximum absolute atomic E-state index is 11.2. The number of nitrogens with zero attached hydrogens (tertiary/aromatic N) is 1. The van der Waals surface area contributed by atoms with E-state index in [-0.39, 0.29) is 10.6 Å². The van der Waals surface area contributed by atoms with Crippen molar-refractivity contribution in [3.8, 4) is 6.07 Å². The van der Waals surface area contributed by atoms with Crippen molar-refractivity contribution in [1.82, 2.24) is 0 Å². The number of nitriles is 1. The van der Waals surface area contributed by atoms with E-state index >= 15 is 0 Å². The Morgan fingerprint density at radius 2 is 2.21 bits per heavy atom. The Labute approximate surface area is 91.7 Å². The Hall–Kier alpha value is -1.14. The van der Waals surface area contributed by atoms with Crippen LogP contribution in [-0.4, -0.2) is 5.78 Å². The molecule has 1 atom stereocenters. The predicted molar refractivity (Wildman–Crippen MR) is 58.2 cm³/mol. The molecule has 2 nitrogen and oxygen atoms in total. The van der Waals surface area contributed by atoms with Crippen LogP contribution in [0.2, 0.25) is 0 Å². The van der Waals surface area contributed by atoms with Gasteiger partial charge >= 0.3 is 0 Å². The molecule has 0 saturated heterocycles. The fourth-order valence-electron chi connectivity index (χ4n) is 1.20. The normalized spacial score (nSPS) is 11.9. The van der Waals surface area contributed by atoms with Gasteiger partial charge in [0.25, 0.3) is 0 Å². The van der Waals surface area contributed by atoms with Gasteiger partial charge in [-0.25, -0.2) is 0 Å². The minimum Gasteiger partial charge on any atom is -0.298 e. The summed E-state index contributed by atoms with van der Waals surface area (Å²) in [4.78, 5) is 10.9. The maximum Gasteiger partial charge on any atom is 0.147 e. The van der Waals surface area contributed by atoms with Crippen LogP contribution >= 0.6 is 15.9 Å². The zero-order valence-electron chi connectivity index (χ0n) is 8.04. The third-order valence-corrected chi connectivity index (χ3v) is 3.18. The van der Waals surface area contributed by atoms with Crippen LogP contribution in [0.15, 0.2) is 18.2 Å². The summed E-state index contributed by atoms with van der Waals surface area (Å²) in [5.74, 6) is 0.0446. The summed E-state index contributed by atoms with van der Waals surface area (Å²) >= 11 is 3.31. The van der Waals surface area contributed by atoms with Crippen molar-refractivity contribution in [3.63, 3.8) is 0 Å². The molecule has 0 aliphatic heterocycles. The van der Waals surface area contributed by atoms with E-state index in [9.17, 15) is 4.79 Å². The summed E-state index contributed by atoms with van der Waals surface area (Å²) in [5, 5.41) is 8.72. The summed E-state index contributed by atoms with van der Waals surface area (Å²) in [6, 6.07) is 7.40. The van der Waals surface area contributed by atoms with E-state index in [0.29, 0.717) is 5.56 Å². The summed E-state index contributed by atoms with van der Waals surface area (Å²) in [6.45, 7) is 3.45. The van der Waals surface area contributed by atoms with Gasteiger partial charge in [-0.3, -0.25) is 4.79 Å². The summed E-state index contributed by atoms with van der Waals surface area (Å²) in [6.07, 6.45) is 0. The summed E-state index contributed by atoms with van der Waals surface area (Å²) < 4.78 is 0. The van der Waals surface area contributed by atoms with E-state index < -0.39 is 0 Å². The van der Waals surface area contributed by atoms with Crippen LogP contribution in [0.3, 0.4) is 0 Å². The minimum atomic E-state index is -0.309. The lowest BCUT2D eigenvalue weighted by atomic mass is 10.0. The number of benzene rings is 1. The number of hydrogen-bond acceptors (Lipinski definition) is 2. The maximum atomic E-state index is 11.2. The van der Waals surface area contributed by atoms with Crippen LogP contribution in [0.4, 0.5) is 0 Å². The van der Waals surface area contributed by atoms with Gasteiger partial charge in [-0.15, -0.1) is 0 Å². The second-order valence-electron chi connectivity index (χ2n) is 3.16. The number of halogens is 1. The number of carbonyl (C=O) groups is 1. The minimum absolute atomic E-state index is 0.0446. The molecule has 1 rings (SSSR count). The molecule has 0 bridgehead atoms. The number of hydrogen-bond donors (Lipinski definition) is 0. The highest BCUT2D eigenvalue weighted by Gasteiger charge is 2.15. The van der Waals surface area contributed by atoms with Gasteiger partial charge in [-0.05, 0) is 37.1 Å². The van der Waals surface area contributed by atoms with Crippen molar-refractivity contribution < 1.29 is 4.79 Å². The van der Waals surface area contributed by atoms with Crippen molar-refractivity contribution in [2.45, 2.75) is 18.7 Å². The lowest BCUT2D eigenvalue weighted by Gasteiger charge is -2.09. The van der Waals surface area contributed by atoms with Crippen molar-refractivity contribution in [2.75, 3.05) is 0 Å². The first-order valence-corrected chi connectivity index (χ1v) is 5.13. The van der Waals surface area contributed by atoms with Crippen molar-refractivity contribution >= 4 is 21.7 Å². The van der Waals surface area contributed by atoms with Crippen LogP contribution in [0, 0.1) is 18.3 Å². The number of ketones is 1. The zero-order chi connectivity index (χ0) is 10.7. The van der Waals surface area contributed by atoms with Gasteiger partial charge in [0.05, 0.1) is 16.5 Å². The highest BCUT2D eigenvalue weighted by molar-refractivity contribution is 9.09. The fourth-order valence-corrected chi connectivity index (χ4v) is 1.70.